The lowest BCUT2D eigenvalue weighted by atomic mass is 9.78. The van der Waals surface area contributed by atoms with Crippen molar-refractivity contribution in [1.82, 2.24) is 14.9 Å². The Balaban J connectivity index is 1.93. The molecule has 3 atom stereocenters. The van der Waals surface area contributed by atoms with E-state index in [-0.39, 0.29) is 23.3 Å². The van der Waals surface area contributed by atoms with Crippen LogP contribution in [0.25, 0.3) is 10.9 Å². The Kier molecular flexibility index (Phi) is 7.13. The second-order valence-corrected chi connectivity index (χ2v) is 8.50. The van der Waals surface area contributed by atoms with Crippen molar-refractivity contribution in [2.24, 2.45) is 11.8 Å². The maximum absolute atomic E-state index is 13.3. The van der Waals surface area contributed by atoms with Gasteiger partial charge in [0, 0.05) is 19.7 Å². The van der Waals surface area contributed by atoms with Crippen LogP contribution in [0.1, 0.15) is 39.2 Å². The lowest BCUT2D eigenvalue weighted by molar-refractivity contribution is -0.118. The van der Waals surface area contributed by atoms with Gasteiger partial charge >= 0.3 is 0 Å². The minimum absolute atomic E-state index is 0.00107. The molecular formula is C21H29N3O3S. The molecule has 1 N–H and O–H groups in total. The van der Waals surface area contributed by atoms with E-state index < -0.39 is 0 Å². The van der Waals surface area contributed by atoms with Gasteiger partial charge < -0.3 is 10.1 Å². The molecule has 1 amide bonds. The molecule has 1 aliphatic rings. The van der Waals surface area contributed by atoms with Crippen LogP contribution in [-0.4, -0.2) is 41.5 Å². The van der Waals surface area contributed by atoms with Crippen LogP contribution in [0.3, 0.4) is 0 Å². The number of carbonyl (C=O) groups excluding carboxylic acids is 1. The highest BCUT2D eigenvalue weighted by atomic mass is 32.2. The summed E-state index contributed by atoms with van der Waals surface area (Å²) in [6, 6.07) is 7.57. The van der Waals surface area contributed by atoms with Crippen LogP contribution in [0.2, 0.25) is 0 Å². The van der Waals surface area contributed by atoms with Crippen LogP contribution in [0, 0.1) is 11.8 Å². The van der Waals surface area contributed by atoms with Gasteiger partial charge in [0.2, 0.25) is 5.91 Å². The summed E-state index contributed by atoms with van der Waals surface area (Å²) in [6.07, 6.45) is 3.27. The predicted molar refractivity (Wildman–Crippen MR) is 113 cm³/mol. The standard InChI is InChI=1S/C21H29N3O3S/c1-14-7-6-10-18(15(14)2)24-20(26)16-8-4-5-9-17(16)23-21(24)28-13-19(25)22-11-12-27-3/h4-5,8-9,14-15,18H,6-7,10-13H2,1-3H3,(H,22,25)/t14-,15+,18-/m0/s1. The van der Waals surface area contributed by atoms with E-state index in [2.05, 4.69) is 19.2 Å². The highest BCUT2D eigenvalue weighted by molar-refractivity contribution is 7.99. The van der Waals surface area contributed by atoms with E-state index in [0.29, 0.717) is 41.0 Å². The molecule has 7 heteroatoms. The number of ether oxygens (including phenoxy) is 1. The van der Waals surface area contributed by atoms with Gasteiger partial charge in [0.15, 0.2) is 5.16 Å². The third kappa shape index (κ3) is 4.58. The summed E-state index contributed by atoms with van der Waals surface area (Å²) in [5.41, 5.74) is 0.682. The smallest absolute Gasteiger partial charge is 0.262 e. The number of nitrogens with one attached hydrogen (secondary N) is 1. The topological polar surface area (TPSA) is 73.2 Å². The summed E-state index contributed by atoms with van der Waals surface area (Å²) < 4.78 is 6.82. The average molecular weight is 404 g/mol. The van der Waals surface area contributed by atoms with Crippen LogP contribution < -0.4 is 10.9 Å². The van der Waals surface area contributed by atoms with Crippen molar-refractivity contribution < 1.29 is 9.53 Å². The Bertz CT molecular complexity index is 883. The Hall–Kier alpha value is -1.86. The van der Waals surface area contributed by atoms with Crippen LogP contribution in [0.15, 0.2) is 34.2 Å². The number of hydrogen-bond acceptors (Lipinski definition) is 5. The molecule has 0 spiro atoms. The third-order valence-electron chi connectivity index (χ3n) is 5.73. The fourth-order valence-corrected chi connectivity index (χ4v) is 4.79. The first-order valence-corrected chi connectivity index (χ1v) is 10.9. The Morgan fingerprint density at radius 3 is 2.89 bits per heavy atom. The number of benzene rings is 1. The normalized spacial score (nSPS) is 22.3. The van der Waals surface area contributed by atoms with E-state index >= 15 is 0 Å². The Morgan fingerprint density at radius 1 is 1.32 bits per heavy atom. The number of hydrogen-bond donors (Lipinski definition) is 1. The summed E-state index contributed by atoms with van der Waals surface area (Å²) in [5, 5.41) is 4.10. The van der Waals surface area contributed by atoms with Crippen LogP contribution >= 0.6 is 11.8 Å². The summed E-state index contributed by atoms with van der Waals surface area (Å²) in [5.74, 6) is 1.10. The minimum Gasteiger partial charge on any atom is -0.383 e. The van der Waals surface area contributed by atoms with E-state index in [4.69, 9.17) is 9.72 Å². The van der Waals surface area contributed by atoms with E-state index in [1.165, 1.54) is 18.2 Å². The molecule has 1 heterocycles. The quantitative estimate of drug-likeness (QED) is 0.436. The number of para-hydroxylation sites is 1. The molecule has 0 bridgehead atoms. The molecule has 1 aromatic heterocycles. The van der Waals surface area contributed by atoms with E-state index in [9.17, 15) is 9.59 Å². The van der Waals surface area contributed by atoms with E-state index in [1.807, 2.05) is 28.8 Å². The molecule has 3 rings (SSSR count). The molecule has 152 valence electrons. The Morgan fingerprint density at radius 2 is 2.11 bits per heavy atom. The molecule has 2 aromatic rings. The van der Waals surface area contributed by atoms with Gasteiger partial charge in [-0.05, 0) is 30.4 Å². The summed E-state index contributed by atoms with van der Waals surface area (Å²) in [6.45, 7) is 5.44. The number of aromatic nitrogens is 2. The Labute approximate surface area is 170 Å². The lowest BCUT2D eigenvalue weighted by Gasteiger charge is -2.36. The van der Waals surface area contributed by atoms with Crippen molar-refractivity contribution in [3.63, 3.8) is 0 Å². The maximum atomic E-state index is 13.3. The summed E-state index contributed by atoms with van der Waals surface area (Å²) in [7, 11) is 1.60. The fraction of sp³-hybridized carbons (Fsp3) is 0.571. The first-order valence-electron chi connectivity index (χ1n) is 9.92. The molecule has 0 unspecified atom stereocenters. The molecule has 1 saturated carbocycles. The van der Waals surface area contributed by atoms with Crippen LogP contribution in [0.4, 0.5) is 0 Å². The molecule has 0 saturated heterocycles. The van der Waals surface area contributed by atoms with Crippen molar-refractivity contribution in [2.75, 3.05) is 26.0 Å². The fourth-order valence-electron chi connectivity index (χ4n) is 3.91. The number of methoxy groups -OCH3 is 1. The second kappa shape index (κ2) is 9.56. The number of thioether (sulfide) groups is 1. The minimum atomic E-state index is -0.0823. The van der Waals surface area contributed by atoms with Crippen LogP contribution in [0.5, 0.6) is 0 Å². The van der Waals surface area contributed by atoms with Crippen molar-refractivity contribution in [3.8, 4) is 0 Å². The molecule has 1 aromatic carbocycles. The number of amides is 1. The van der Waals surface area contributed by atoms with Gasteiger partial charge in [-0.2, -0.15) is 0 Å². The van der Waals surface area contributed by atoms with Crippen molar-refractivity contribution in [3.05, 3.63) is 34.6 Å². The maximum Gasteiger partial charge on any atom is 0.262 e. The van der Waals surface area contributed by atoms with Crippen molar-refractivity contribution in [2.45, 2.75) is 44.3 Å². The van der Waals surface area contributed by atoms with Gasteiger partial charge in [-0.25, -0.2) is 4.98 Å². The van der Waals surface area contributed by atoms with Gasteiger partial charge in [0.1, 0.15) is 0 Å². The van der Waals surface area contributed by atoms with Crippen molar-refractivity contribution >= 4 is 28.6 Å². The number of nitrogens with zero attached hydrogens (tertiary/aromatic N) is 2. The van der Waals surface area contributed by atoms with Gasteiger partial charge in [-0.1, -0.05) is 50.6 Å². The summed E-state index contributed by atoms with van der Waals surface area (Å²) in [4.78, 5) is 30.3. The van der Waals surface area contributed by atoms with Gasteiger partial charge in [-0.15, -0.1) is 0 Å². The average Bonchev–Trinajstić information content (AvgIpc) is 2.69. The zero-order chi connectivity index (χ0) is 20.1. The molecule has 28 heavy (non-hydrogen) atoms. The zero-order valence-electron chi connectivity index (χ0n) is 16.8. The summed E-state index contributed by atoms with van der Waals surface area (Å²) >= 11 is 1.34. The molecule has 1 aliphatic carbocycles. The molecule has 6 nitrogen and oxygen atoms in total. The predicted octanol–water partition coefficient (Wildman–Crippen LogP) is 3.25. The second-order valence-electron chi connectivity index (χ2n) is 7.55. The van der Waals surface area contributed by atoms with E-state index in [1.54, 1.807) is 7.11 Å². The number of carbonyl (C=O) groups is 1. The highest BCUT2D eigenvalue weighted by Crippen LogP contribution is 2.38. The molecule has 0 radical (unpaired) electrons. The largest absolute Gasteiger partial charge is 0.383 e. The SMILES string of the molecule is COCCNC(=O)CSc1nc2ccccc2c(=O)n1[C@H]1CCC[C@H](C)[C@H]1C. The number of rotatable bonds is 7. The number of fused-ring (bicyclic) bond motifs is 1. The lowest BCUT2D eigenvalue weighted by Crippen LogP contribution is -2.35. The van der Waals surface area contributed by atoms with Gasteiger partial charge in [-0.3, -0.25) is 14.2 Å². The highest BCUT2D eigenvalue weighted by Gasteiger charge is 2.31. The molecule has 1 fully saturated rings. The van der Waals surface area contributed by atoms with Crippen LogP contribution in [-0.2, 0) is 9.53 Å². The monoisotopic (exact) mass is 403 g/mol. The first-order chi connectivity index (χ1) is 13.5. The molecule has 0 aliphatic heterocycles. The molecular weight excluding hydrogens is 374 g/mol. The third-order valence-corrected chi connectivity index (χ3v) is 6.68. The first kappa shape index (κ1) is 20.9. The zero-order valence-corrected chi connectivity index (χ0v) is 17.6. The van der Waals surface area contributed by atoms with Gasteiger partial charge in [0.05, 0.1) is 23.3 Å². The van der Waals surface area contributed by atoms with Gasteiger partial charge in [0.25, 0.3) is 5.56 Å². The van der Waals surface area contributed by atoms with Crippen molar-refractivity contribution in [1.29, 1.82) is 0 Å². The van der Waals surface area contributed by atoms with E-state index in [0.717, 1.165) is 12.8 Å².